The number of nitrogens with one attached hydrogen (secondary N) is 2. The predicted molar refractivity (Wildman–Crippen MR) is 115 cm³/mol. The van der Waals surface area contributed by atoms with Gasteiger partial charge in [0.15, 0.2) is 0 Å². The number of thioether (sulfide) groups is 1. The molecule has 2 aromatic rings. The first-order chi connectivity index (χ1) is 12.8. The Hall–Kier alpha value is -1.69. The summed E-state index contributed by atoms with van der Waals surface area (Å²) in [5.74, 6) is -0.0772. The normalized spacial score (nSPS) is 12.9. The Bertz CT molecular complexity index is 812. The van der Waals surface area contributed by atoms with E-state index in [1.54, 1.807) is 19.1 Å². The van der Waals surface area contributed by atoms with Gasteiger partial charge in [0.1, 0.15) is 0 Å². The summed E-state index contributed by atoms with van der Waals surface area (Å²) in [5, 5.41) is 6.31. The van der Waals surface area contributed by atoms with Crippen molar-refractivity contribution in [3.05, 3.63) is 63.6 Å². The molecule has 144 valence electrons. The molecule has 2 amide bonds. The predicted octanol–water partition coefficient (Wildman–Crippen LogP) is 5.24. The summed E-state index contributed by atoms with van der Waals surface area (Å²) in [6.45, 7) is 5.64. The third-order valence-electron chi connectivity index (χ3n) is 3.97. The van der Waals surface area contributed by atoms with Crippen LogP contribution in [0.25, 0.3) is 0 Å². The van der Waals surface area contributed by atoms with Gasteiger partial charge in [0.25, 0.3) is 0 Å². The zero-order chi connectivity index (χ0) is 20.0. The molecule has 2 rings (SSSR count). The van der Waals surface area contributed by atoms with Crippen LogP contribution >= 0.6 is 35.0 Å². The molecular weight excluding hydrogens is 403 g/mol. The van der Waals surface area contributed by atoms with Gasteiger partial charge in [0.05, 0.1) is 27.1 Å². The van der Waals surface area contributed by atoms with E-state index in [2.05, 4.69) is 10.6 Å². The Labute approximate surface area is 174 Å². The van der Waals surface area contributed by atoms with Crippen LogP contribution in [0.5, 0.6) is 0 Å². The van der Waals surface area contributed by atoms with E-state index < -0.39 is 0 Å². The molecule has 0 aliphatic heterocycles. The van der Waals surface area contributed by atoms with Crippen LogP contribution in [0.4, 0.5) is 5.69 Å². The molecule has 0 spiro atoms. The summed E-state index contributed by atoms with van der Waals surface area (Å²) in [6.07, 6.45) is 0. The minimum atomic E-state index is -0.362. The van der Waals surface area contributed by atoms with Crippen molar-refractivity contribution in [3.63, 3.8) is 0 Å². The number of hydrogen-bond donors (Lipinski definition) is 2. The van der Waals surface area contributed by atoms with Gasteiger partial charge in [-0.05, 0) is 50.6 Å². The lowest BCUT2D eigenvalue weighted by molar-refractivity contribution is -0.120. The van der Waals surface area contributed by atoms with Crippen molar-refractivity contribution >= 4 is 52.5 Å². The average Bonchev–Trinajstić information content (AvgIpc) is 2.63. The zero-order valence-electron chi connectivity index (χ0n) is 15.4. The van der Waals surface area contributed by atoms with E-state index in [4.69, 9.17) is 23.2 Å². The average molecular weight is 425 g/mol. The summed E-state index contributed by atoms with van der Waals surface area (Å²) in [7, 11) is 0. The Kier molecular flexibility index (Phi) is 8.02. The standard InChI is InChI=1S/C20H22Cl2N2O2S/c1-12-4-7-16(8-5-12)24-19(25)11-27-14(3)20(26)23-13(2)15-6-9-17(21)18(22)10-15/h4-10,13-14H,11H2,1-3H3,(H,23,26)(H,24,25). The molecule has 2 atom stereocenters. The first-order valence-electron chi connectivity index (χ1n) is 8.49. The van der Waals surface area contributed by atoms with Gasteiger partial charge in [-0.2, -0.15) is 0 Å². The fourth-order valence-corrected chi connectivity index (χ4v) is 3.31. The van der Waals surface area contributed by atoms with E-state index in [-0.39, 0.29) is 28.9 Å². The van der Waals surface area contributed by atoms with Gasteiger partial charge in [-0.15, -0.1) is 11.8 Å². The molecule has 2 aromatic carbocycles. The van der Waals surface area contributed by atoms with Gasteiger partial charge < -0.3 is 10.6 Å². The molecule has 0 fully saturated rings. The maximum absolute atomic E-state index is 12.4. The van der Waals surface area contributed by atoms with Gasteiger partial charge >= 0.3 is 0 Å². The summed E-state index contributed by atoms with van der Waals surface area (Å²) in [6, 6.07) is 12.6. The van der Waals surface area contributed by atoms with Gasteiger partial charge in [-0.25, -0.2) is 0 Å². The Morgan fingerprint density at radius 1 is 1.04 bits per heavy atom. The lowest BCUT2D eigenvalue weighted by atomic mass is 10.1. The lowest BCUT2D eigenvalue weighted by Gasteiger charge is -2.18. The highest BCUT2D eigenvalue weighted by Gasteiger charge is 2.18. The number of carbonyl (C=O) groups is 2. The van der Waals surface area contributed by atoms with Crippen LogP contribution < -0.4 is 10.6 Å². The molecule has 2 unspecified atom stereocenters. The van der Waals surface area contributed by atoms with Crippen molar-refractivity contribution in [2.75, 3.05) is 11.1 Å². The molecular formula is C20H22Cl2N2O2S. The number of amides is 2. The second kappa shape index (κ2) is 10.0. The summed E-state index contributed by atoms with van der Waals surface area (Å²) in [4.78, 5) is 24.4. The van der Waals surface area contributed by atoms with Crippen molar-refractivity contribution in [1.82, 2.24) is 5.32 Å². The number of halogens is 2. The third kappa shape index (κ3) is 6.76. The fraction of sp³-hybridized carbons (Fsp3) is 0.300. The first-order valence-corrected chi connectivity index (χ1v) is 10.3. The van der Waals surface area contributed by atoms with Crippen molar-refractivity contribution in [2.24, 2.45) is 0 Å². The molecule has 7 heteroatoms. The number of carbonyl (C=O) groups excluding carboxylic acids is 2. The molecule has 0 bridgehead atoms. The SMILES string of the molecule is Cc1ccc(NC(=O)CSC(C)C(=O)NC(C)c2ccc(Cl)c(Cl)c2)cc1. The Balaban J connectivity index is 1.81. The zero-order valence-corrected chi connectivity index (χ0v) is 17.7. The Morgan fingerprint density at radius 3 is 2.33 bits per heavy atom. The largest absolute Gasteiger partial charge is 0.349 e. The molecule has 0 heterocycles. The first kappa shape index (κ1) is 21.6. The van der Waals surface area contributed by atoms with Gasteiger partial charge in [-0.1, -0.05) is 47.0 Å². The van der Waals surface area contributed by atoms with Crippen LogP contribution in [0, 0.1) is 6.92 Å². The molecule has 0 saturated heterocycles. The van der Waals surface area contributed by atoms with E-state index in [9.17, 15) is 9.59 Å². The van der Waals surface area contributed by atoms with Crippen LogP contribution in [0.2, 0.25) is 10.0 Å². The monoisotopic (exact) mass is 424 g/mol. The highest BCUT2D eigenvalue weighted by molar-refractivity contribution is 8.01. The number of benzene rings is 2. The molecule has 0 aliphatic rings. The summed E-state index contributed by atoms with van der Waals surface area (Å²) >= 11 is 13.2. The topological polar surface area (TPSA) is 58.2 Å². The second-order valence-corrected chi connectivity index (χ2v) is 8.41. The van der Waals surface area contributed by atoms with E-state index in [0.717, 1.165) is 16.8 Å². The highest BCUT2D eigenvalue weighted by atomic mass is 35.5. The molecule has 0 aliphatic carbocycles. The van der Waals surface area contributed by atoms with Gasteiger partial charge in [0.2, 0.25) is 11.8 Å². The Morgan fingerprint density at radius 2 is 1.70 bits per heavy atom. The van der Waals surface area contributed by atoms with Gasteiger partial charge in [0, 0.05) is 5.69 Å². The fourth-order valence-electron chi connectivity index (χ4n) is 2.31. The lowest BCUT2D eigenvalue weighted by Crippen LogP contribution is -2.33. The minimum absolute atomic E-state index is 0.137. The van der Waals surface area contributed by atoms with Crippen molar-refractivity contribution in [2.45, 2.75) is 32.1 Å². The third-order valence-corrected chi connectivity index (χ3v) is 5.85. The maximum Gasteiger partial charge on any atom is 0.234 e. The second-order valence-electron chi connectivity index (χ2n) is 6.27. The van der Waals surface area contributed by atoms with Crippen LogP contribution in [-0.2, 0) is 9.59 Å². The molecule has 0 radical (unpaired) electrons. The molecule has 2 N–H and O–H groups in total. The quantitative estimate of drug-likeness (QED) is 0.638. The van der Waals surface area contributed by atoms with Crippen LogP contribution in [0.15, 0.2) is 42.5 Å². The number of hydrogen-bond acceptors (Lipinski definition) is 3. The van der Waals surface area contributed by atoms with E-state index in [1.807, 2.05) is 44.2 Å². The van der Waals surface area contributed by atoms with Crippen molar-refractivity contribution in [1.29, 1.82) is 0 Å². The van der Waals surface area contributed by atoms with E-state index in [0.29, 0.717) is 10.0 Å². The number of rotatable bonds is 7. The van der Waals surface area contributed by atoms with E-state index in [1.165, 1.54) is 11.8 Å². The molecule has 0 saturated carbocycles. The highest BCUT2D eigenvalue weighted by Crippen LogP contribution is 2.26. The number of anilines is 1. The van der Waals surface area contributed by atoms with Gasteiger partial charge in [-0.3, -0.25) is 9.59 Å². The number of aryl methyl sites for hydroxylation is 1. The van der Waals surface area contributed by atoms with Crippen LogP contribution in [0.1, 0.15) is 31.0 Å². The molecule has 4 nitrogen and oxygen atoms in total. The minimum Gasteiger partial charge on any atom is -0.349 e. The van der Waals surface area contributed by atoms with E-state index >= 15 is 0 Å². The van der Waals surface area contributed by atoms with Crippen LogP contribution in [0.3, 0.4) is 0 Å². The summed E-state index contributed by atoms with van der Waals surface area (Å²) in [5.41, 5.74) is 2.74. The maximum atomic E-state index is 12.4. The van der Waals surface area contributed by atoms with Crippen LogP contribution in [-0.4, -0.2) is 22.8 Å². The van der Waals surface area contributed by atoms with Crippen molar-refractivity contribution < 1.29 is 9.59 Å². The summed E-state index contributed by atoms with van der Waals surface area (Å²) < 4.78 is 0. The smallest absolute Gasteiger partial charge is 0.234 e. The molecule has 0 aromatic heterocycles. The van der Waals surface area contributed by atoms with Crippen molar-refractivity contribution in [3.8, 4) is 0 Å². The molecule has 27 heavy (non-hydrogen) atoms.